The molecule has 0 aliphatic rings. The van der Waals surface area contributed by atoms with Gasteiger partial charge in [-0.2, -0.15) is 5.10 Å². The zero-order valence-corrected chi connectivity index (χ0v) is 18.6. The molecule has 32 heavy (non-hydrogen) atoms. The minimum atomic E-state index is -0.380. The maximum absolute atomic E-state index is 12.0. The van der Waals surface area contributed by atoms with E-state index in [1.54, 1.807) is 12.1 Å². The Morgan fingerprint density at radius 2 is 1.69 bits per heavy atom. The molecule has 8 heteroatoms. The van der Waals surface area contributed by atoms with Gasteiger partial charge >= 0.3 is 0 Å². The molecule has 3 rings (SSSR count). The molecule has 0 heterocycles. The van der Waals surface area contributed by atoms with Gasteiger partial charge in [0.15, 0.2) is 0 Å². The first-order valence-corrected chi connectivity index (χ1v) is 10.6. The average Bonchev–Trinajstić information content (AvgIpc) is 2.79. The van der Waals surface area contributed by atoms with Crippen LogP contribution in [0.1, 0.15) is 24.0 Å². The molecule has 3 aromatic rings. The Hall–Kier alpha value is -3.35. The molecule has 0 spiro atoms. The quantitative estimate of drug-likeness (QED) is 0.323. The van der Waals surface area contributed by atoms with E-state index in [1.165, 1.54) is 12.3 Å². The third-order valence-corrected chi connectivity index (χ3v) is 4.84. The van der Waals surface area contributed by atoms with Gasteiger partial charge in [0.25, 0.3) is 0 Å². The van der Waals surface area contributed by atoms with Crippen molar-refractivity contribution in [3.8, 4) is 5.75 Å². The van der Waals surface area contributed by atoms with Crippen molar-refractivity contribution in [3.05, 3.63) is 94.0 Å². The molecule has 0 unspecified atom stereocenters. The number of amides is 2. The van der Waals surface area contributed by atoms with Crippen LogP contribution in [0.3, 0.4) is 0 Å². The number of anilines is 1. The van der Waals surface area contributed by atoms with Crippen molar-refractivity contribution in [1.82, 2.24) is 5.43 Å². The number of carbonyl (C=O) groups is 2. The Morgan fingerprint density at radius 3 is 2.47 bits per heavy atom. The third kappa shape index (κ3) is 7.72. The van der Waals surface area contributed by atoms with Crippen LogP contribution in [0.5, 0.6) is 5.75 Å². The fourth-order valence-corrected chi connectivity index (χ4v) is 3.15. The van der Waals surface area contributed by atoms with Gasteiger partial charge in [-0.25, -0.2) is 5.43 Å². The van der Waals surface area contributed by atoms with Crippen LogP contribution in [0, 0.1) is 0 Å². The van der Waals surface area contributed by atoms with Crippen molar-refractivity contribution in [3.63, 3.8) is 0 Å². The van der Waals surface area contributed by atoms with Gasteiger partial charge in [-0.1, -0.05) is 65.7 Å². The monoisotopic (exact) mass is 469 g/mol. The van der Waals surface area contributed by atoms with Crippen LogP contribution in [0.25, 0.3) is 0 Å². The molecule has 164 valence electrons. The molecule has 0 bridgehead atoms. The number of carbonyl (C=O) groups excluding carboxylic acids is 2. The van der Waals surface area contributed by atoms with E-state index in [0.717, 1.165) is 11.1 Å². The summed E-state index contributed by atoms with van der Waals surface area (Å²) in [4.78, 5) is 24.0. The predicted molar refractivity (Wildman–Crippen MR) is 127 cm³/mol. The van der Waals surface area contributed by atoms with Crippen LogP contribution in [0.4, 0.5) is 5.69 Å². The second kappa shape index (κ2) is 11.9. The molecule has 6 nitrogen and oxygen atoms in total. The average molecular weight is 470 g/mol. The molecule has 0 saturated heterocycles. The Bertz CT molecular complexity index is 1100. The lowest BCUT2D eigenvalue weighted by Gasteiger charge is -2.07. The van der Waals surface area contributed by atoms with Crippen LogP contribution < -0.4 is 15.5 Å². The largest absolute Gasteiger partial charge is 0.489 e. The molecule has 2 N–H and O–H groups in total. The summed E-state index contributed by atoms with van der Waals surface area (Å²) >= 11 is 11.8. The first kappa shape index (κ1) is 23.3. The van der Waals surface area contributed by atoms with Gasteiger partial charge < -0.3 is 10.1 Å². The van der Waals surface area contributed by atoms with E-state index in [0.29, 0.717) is 28.1 Å². The zero-order chi connectivity index (χ0) is 22.8. The predicted octanol–water partition coefficient (Wildman–Crippen LogP) is 5.44. The molecule has 0 aliphatic heterocycles. The molecule has 0 fully saturated rings. The van der Waals surface area contributed by atoms with Crippen LogP contribution in [0.15, 0.2) is 77.9 Å². The van der Waals surface area contributed by atoms with Crippen molar-refractivity contribution >= 4 is 46.9 Å². The van der Waals surface area contributed by atoms with E-state index < -0.39 is 0 Å². The van der Waals surface area contributed by atoms with E-state index in [4.69, 9.17) is 27.9 Å². The molecule has 0 aromatic heterocycles. The minimum absolute atomic E-state index is 0.0108. The smallest absolute Gasteiger partial charge is 0.240 e. The molecular weight excluding hydrogens is 449 g/mol. The van der Waals surface area contributed by atoms with E-state index >= 15 is 0 Å². The molecule has 0 radical (unpaired) electrons. The highest BCUT2D eigenvalue weighted by Gasteiger charge is 2.09. The highest BCUT2D eigenvalue weighted by atomic mass is 35.5. The van der Waals surface area contributed by atoms with Gasteiger partial charge in [0.2, 0.25) is 11.8 Å². The topological polar surface area (TPSA) is 79.8 Å². The van der Waals surface area contributed by atoms with Crippen LogP contribution >= 0.6 is 23.2 Å². The number of benzene rings is 3. The molecule has 2 amide bonds. The Labute approximate surface area is 196 Å². The van der Waals surface area contributed by atoms with Gasteiger partial charge in [0.1, 0.15) is 12.4 Å². The highest BCUT2D eigenvalue weighted by Crippen LogP contribution is 2.25. The summed E-state index contributed by atoms with van der Waals surface area (Å²) in [6.07, 6.45) is 1.48. The summed E-state index contributed by atoms with van der Waals surface area (Å²) in [5, 5.41) is 7.38. The number of hydrazone groups is 1. The van der Waals surface area contributed by atoms with E-state index in [2.05, 4.69) is 15.8 Å². The lowest BCUT2D eigenvalue weighted by Crippen LogP contribution is -2.20. The number of nitrogens with one attached hydrogen (secondary N) is 2. The van der Waals surface area contributed by atoms with Gasteiger partial charge in [-0.15, -0.1) is 0 Å². The summed E-state index contributed by atoms with van der Waals surface area (Å²) in [6, 6.07) is 22.0. The Kier molecular flexibility index (Phi) is 8.66. The van der Waals surface area contributed by atoms with Crippen molar-refractivity contribution in [1.29, 1.82) is 0 Å². The fourth-order valence-electron chi connectivity index (χ4n) is 2.69. The van der Waals surface area contributed by atoms with Crippen LogP contribution in [0.2, 0.25) is 10.0 Å². The summed E-state index contributed by atoms with van der Waals surface area (Å²) in [7, 11) is 0. The van der Waals surface area contributed by atoms with Crippen molar-refractivity contribution < 1.29 is 14.3 Å². The third-order valence-electron chi connectivity index (χ3n) is 4.29. The van der Waals surface area contributed by atoms with E-state index in [9.17, 15) is 9.59 Å². The summed E-state index contributed by atoms with van der Waals surface area (Å²) in [6.45, 7) is 0.460. The fraction of sp³-hybridized carbons (Fsp3) is 0.125. The SMILES string of the molecule is O=C(CCC(=O)Nc1ccc(Cl)cc1Cl)NN=Cc1cccc(OCc2ccccc2)c1. The maximum Gasteiger partial charge on any atom is 0.240 e. The number of hydrogen-bond donors (Lipinski definition) is 2. The number of nitrogens with zero attached hydrogens (tertiary/aromatic N) is 1. The summed E-state index contributed by atoms with van der Waals surface area (Å²) < 4.78 is 5.78. The summed E-state index contributed by atoms with van der Waals surface area (Å²) in [5.41, 5.74) is 4.69. The van der Waals surface area contributed by atoms with E-state index in [1.807, 2.05) is 54.6 Å². The maximum atomic E-state index is 12.0. The number of rotatable bonds is 9. The number of ether oxygens (including phenoxy) is 1. The lowest BCUT2D eigenvalue weighted by molar-refractivity contribution is -0.124. The molecular formula is C24H21Cl2N3O3. The number of halogens is 2. The van der Waals surface area contributed by atoms with Crippen LogP contribution in [-0.4, -0.2) is 18.0 Å². The first-order valence-electron chi connectivity index (χ1n) is 9.83. The van der Waals surface area contributed by atoms with Crippen molar-refractivity contribution in [2.24, 2.45) is 5.10 Å². The summed E-state index contributed by atoms with van der Waals surface area (Å²) in [5.74, 6) is -0.0200. The Morgan fingerprint density at radius 1 is 0.906 bits per heavy atom. The molecule has 0 saturated carbocycles. The molecule has 3 aromatic carbocycles. The Balaban J connectivity index is 1.42. The van der Waals surface area contributed by atoms with E-state index in [-0.39, 0.29) is 24.7 Å². The van der Waals surface area contributed by atoms with Gasteiger partial charge in [0.05, 0.1) is 16.9 Å². The lowest BCUT2D eigenvalue weighted by atomic mass is 10.2. The van der Waals surface area contributed by atoms with Crippen molar-refractivity contribution in [2.45, 2.75) is 19.4 Å². The second-order valence-electron chi connectivity index (χ2n) is 6.81. The second-order valence-corrected chi connectivity index (χ2v) is 7.66. The van der Waals surface area contributed by atoms with Crippen LogP contribution in [-0.2, 0) is 16.2 Å². The van der Waals surface area contributed by atoms with Crippen molar-refractivity contribution in [2.75, 3.05) is 5.32 Å². The van der Waals surface area contributed by atoms with Gasteiger partial charge in [0, 0.05) is 17.9 Å². The number of hydrogen-bond acceptors (Lipinski definition) is 4. The molecule has 0 atom stereocenters. The van der Waals surface area contributed by atoms with Gasteiger partial charge in [-0.05, 0) is 41.5 Å². The normalized spacial score (nSPS) is 10.7. The molecule has 0 aliphatic carbocycles. The first-order chi connectivity index (χ1) is 15.5. The van der Waals surface area contributed by atoms with Gasteiger partial charge in [-0.3, -0.25) is 9.59 Å². The minimum Gasteiger partial charge on any atom is -0.489 e. The standard InChI is InChI=1S/C24H21Cl2N3O3/c25-19-9-10-22(21(26)14-19)28-23(30)11-12-24(31)29-27-15-18-7-4-8-20(13-18)32-16-17-5-2-1-3-6-17/h1-10,13-15H,11-12,16H2,(H,28,30)(H,29,31). The highest BCUT2D eigenvalue weighted by molar-refractivity contribution is 6.36. The zero-order valence-electron chi connectivity index (χ0n) is 17.1.